The molecule has 0 aliphatic rings. The van der Waals surface area contributed by atoms with Crippen LogP contribution in [0.1, 0.15) is 12.6 Å². The third-order valence-corrected chi connectivity index (χ3v) is 3.39. The van der Waals surface area contributed by atoms with Gasteiger partial charge in [0.15, 0.2) is 6.10 Å². The number of aliphatic carboxylic acids is 1. The first-order valence-corrected chi connectivity index (χ1v) is 6.36. The molecule has 1 aromatic heterocycles. The summed E-state index contributed by atoms with van der Waals surface area (Å²) in [4.78, 5) is 15.0. The lowest BCUT2D eigenvalue weighted by Gasteiger charge is -2.10. The average Bonchev–Trinajstić information content (AvgIpc) is 2.76. The lowest BCUT2D eigenvalue weighted by atomic mass is 10.2. The lowest BCUT2D eigenvalue weighted by molar-refractivity contribution is -0.144. The molecule has 0 radical (unpaired) electrons. The molecule has 1 heterocycles. The van der Waals surface area contributed by atoms with Crippen molar-refractivity contribution in [2.45, 2.75) is 20.0 Å². The maximum atomic E-state index is 10.7. The van der Waals surface area contributed by atoms with Gasteiger partial charge < -0.3 is 9.84 Å². The summed E-state index contributed by atoms with van der Waals surface area (Å²) in [5, 5.41) is 11.7. The van der Waals surface area contributed by atoms with E-state index in [1.807, 2.05) is 24.4 Å². The molecule has 1 aromatic carbocycles. The molecule has 94 valence electrons. The molecule has 18 heavy (non-hydrogen) atoms. The Morgan fingerprint density at radius 1 is 1.39 bits per heavy atom. The van der Waals surface area contributed by atoms with Crippen molar-refractivity contribution < 1.29 is 14.6 Å². The molecule has 0 saturated heterocycles. The summed E-state index contributed by atoms with van der Waals surface area (Å²) in [7, 11) is 0. The fourth-order valence-electron chi connectivity index (χ4n) is 1.42. The van der Waals surface area contributed by atoms with E-state index in [-0.39, 0.29) is 0 Å². The fourth-order valence-corrected chi connectivity index (χ4v) is 2.22. The van der Waals surface area contributed by atoms with Gasteiger partial charge in [-0.25, -0.2) is 9.78 Å². The summed E-state index contributed by atoms with van der Waals surface area (Å²) < 4.78 is 5.26. The van der Waals surface area contributed by atoms with E-state index in [0.29, 0.717) is 5.75 Å². The minimum absolute atomic E-state index is 0.543. The number of ether oxygens (including phenoxy) is 1. The summed E-state index contributed by atoms with van der Waals surface area (Å²) in [6.45, 7) is 3.45. The molecule has 0 saturated carbocycles. The van der Waals surface area contributed by atoms with E-state index in [1.165, 1.54) is 6.92 Å². The first kappa shape index (κ1) is 12.6. The third-order valence-electron chi connectivity index (χ3n) is 2.38. The Kier molecular flexibility index (Phi) is 3.62. The van der Waals surface area contributed by atoms with Crippen LogP contribution in [0.2, 0.25) is 0 Å². The standard InChI is InChI=1S/C13H13NO3S/c1-8-7-18-12(14-8)10-3-5-11(6-4-10)17-9(2)13(15)16/h3-7,9H,1-2H3,(H,15,16)/t9-/m0/s1. The zero-order valence-electron chi connectivity index (χ0n) is 10.1. The molecule has 2 rings (SSSR count). The second-order valence-corrected chi connectivity index (χ2v) is 4.77. The van der Waals surface area contributed by atoms with Crippen LogP contribution < -0.4 is 4.74 Å². The third kappa shape index (κ3) is 2.87. The van der Waals surface area contributed by atoms with Gasteiger partial charge in [-0.1, -0.05) is 0 Å². The molecule has 4 nitrogen and oxygen atoms in total. The highest BCUT2D eigenvalue weighted by molar-refractivity contribution is 7.13. The number of carbonyl (C=O) groups is 1. The van der Waals surface area contributed by atoms with Crippen molar-refractivity contribution in [1.29, 1.82) is 0 Å². The maximum absolute atomic E-state index is 10.7. The molecule has 1 N–H and O–H groups in total. The minimum Gasteiger partial charge on any atom is -0.479 e. The lowest BCUT2D eigenvalue weighted by Crippen LogP contribution is -2.22. The van der Waals surface area contributed by atoms with Crippen molar-refractivity contribution >= 4 is 17.3 Å². The molecule has 0 amide bonds. The van der Waals surface area contributed by atoms with Gasteiger partial charge >= 0.3 is 5.97 Å². The van der Waals surface area contributed by atoms with Crippen LogP contribution in [0, 0.1) is 6.92 Å². The summed E-state index contributed by atoms with van der Waals surface area (Å²) in [6.07, 6.45) is -0.849. The molecule has 1 atom stereocenters. The number of aryl methyl sites for hydroxylation is 1. The number of hydrogen-bond donors (Lipinski definition) is 1. The van der Waals surface area contributed by atoms with Crippen LogP contribution in [0.15, 0.2) is 29.6 Å². The van der Waals surface area contributed by atoms with Crippen molar-refractivity contribution in [1.82, 2.24) is 4.98 Å². The monoisotopic (exact) mass is 263 g/mol. The summed E-state index contributed by atoms with van der Waals surface area (Å²) in [5.41, 5.74) is 2.00. The van der Waals surface area contributed by atoms with Gasteiger partial charge in [0.1, 0.15) is 10.8 Å². The maximum Gasteiger partial charge on any atom is 0.344 e. The average molecular weight is 263 g/mol. The molecule has 0 fully saturated rings. The van der Waals surface area contributed by atoms with E-state index >= 15 is 0 Å². The molecule has 0 spiro atoms. The van der Waals surface area contributed by atoms with Crippen LogP contribution in [-0.2, 0) is 4.79 Å². The van der Waals surface area contributed by atoms with Crippen LogP contribution in [0.25, 0.3) is 10.6 Å². The normalized spacial score (nSPS) is 12.1. The van der Waals surface area contributed by atoms with Crippen molar-refractivity contribution in [3.63, 3.8) is 0 Å². The van der Waals surface area contributed by atoms with Gasteiger partial charge in [0, 0.05) is 16.6 Å². The number of rotatable bonds is 4. The smallest absolute Gasteiger partial charge is 0.344 e. The van der Waals surface area contributed by atoms with Crippen LogP contribution >= 0.6 is 11.3 Å². The van der Waals surface area contributed by atoms with Gasteiger partial charge in [0.05, 0.1) is 0 Å². The quantitative estimate of drug-likeness (QED) is 0.921. The molecule has 0 aliphatic heterocycles. The number of carboxylic acids is 1. The SMILES string of the molecule is Cc1csc(-c2ccc(O[C@@H](C)C(=O)O)cc2)n1. The van der Waals surface area contributed by atoms with Gasteiger partial charge in [-0.05, 0) is 38.1 Å². The minimum atomic E-state index is -0.977. The number of carboxylic acid groups (broad SMARTS) is 1. The molecular weight excluding hydrogens is 250 g/mol. The predicted octanol–water partition coefficient (Wildman–Crippen LogP) is 2.97. The predicted molar refractivity (Wildman–Crippen MR) is 70.0 cm³/mol. The largest absolute Gasteiger partial charge is 0.479 e. The Balaban J connectivity index is 2.13. The van der Waals surface area contributed by atoms with Crippen LogP contribution in [-0.4, -0.2) is 22.2 Å². The number of benzene rings is 1. The van der Waals surface area contributed by atoms with Gasteiger partial charge in [0.25, 0.3) is 0 Å². The fraction of sp³-hybridized carbons (Fsp3) is 0.231. The molecule has 0 bridgehead atoms. The topological polar surface area (TPSA) is 59.4 Å². The summed E-state index contributed by atoms with van der Waals surface area (Å²) in [5.74, 6) is -0.434. The van der Waals surface area contributed by atoms with Crippen molar-refractivity contribution in [2.24, 2.45) is 0 Å². The molecular formula is C13H13NO3S. The van der Waals surface area contributed by atoms with Crippen molar-refractivity contribution in [2.75, 3.05) is 0 Å². The van der Waals surface area contributed by atoms with E-state index in [0.717, 1.165) is 16.3 Å². The van der Waals surface area contributed by atoms with Gasteiger partial charge in [-0.15, -0.1) is 11.3 Å². The highest BCUT2D eigenvalue weighted by atomic mass is 32.1. The zero-order chi connectivity index (χ0) is 13.1. The Morgan fingerprint density at radius 2 is 2.06 bits per heavy atom. The number of hydrogen-bond acceptors (Lipinski definition) is 4. The van der Waals surface area contributed by atoms with E-state index in [9.17, 15) is 4.79 Å². The Labute approximate surface area is 109 Å². The van der Waals surface area contributed by atoms with Crippen LogP contribution in [0.5, 0.6) is 5.75 Å². The van der Waals surface area contributed by atoms with Crippen molar-refractivity contribution in [3.05, 3.63) is 35.3 Å². The summed E-state index contributed by atoms with van der Waals surface area (Å²) >= 11 is 1.58. The molecule has 0 unspecified atom stereocenters. The van der Waals surface area contributed by atoms with Gasteiger partial charge in [-0.2, -0.15) is 0 Å². The van der Waals surface area contributed by atoms with E-state index in [1.54, 1.807) is 23.5 Å². The highest BCUT2D eigenvalue weighted by Gasteiger charge is 2.12. The Morgan fingerprint density at radius 3 is 2.56 bits per heavy atom. The second-order valence-electron chi connectivity index (χ2n) is 3.92. The highest BCUT2D eigenvalue weighted by Crippen LogP contribution is 2.25. The van der Waals surface area contributed by atoms with Gasteiger partial charge in [0.2, 0.25) is 0 Å². The number of aromatic nitrogens is 1. The van der Waals surface area contributed by atoms with E-state index in [2.05, 4.69) is 4.98 Å². The molecule has 5 heteroatoms. The Bertz CT molecular complexity index is 548. The van der Waals surface area contributed by atoms with E-state index in [4.69, 9.17) is 9.84 Å². The first-order valence-electron chi connectivity index (χ1n) is 5.48. The van der Waals surface area contributed by atoms with Crippen LogP contribution in [0.3, 0.4) is 0 Å². The molecule has 0 aliphatic carbocycles. The summed E-state index contributed by atoms with van der Waals surface area (Å²) in [6, 6.07) is 7.27. The molecule has 2 aromatic rings. The first-order chi connectivity index (χ1) is 8.56. The van der Waals surface area contributed by atoms with Gasteiger partial charge in [-0.3, -0.25) is 0 Å². The second kappa shape index (κ2) is 5.18. The van der Waals surface area contributed by atoms with Crippen LogP contribution in [0.4, 0.5) is 0 Å². The Hall–Kier alpha value is -1.88. The zero-order valence-corrected chi connectivity index (χ0v) is 10.9. The number of nitrogens with zero attached hydrogens (tertiary/aromatic N) is 1. The van der Waals surface area contributed by atoms with E-state index < -0.39 is 12.1 Å². The van der Waals surface area contributed by atoms with Crippen molar-refractivity contribution in [3.8, 4) is 16.3 Å². The number of thiazole rings is 1.